The number of aryl methyl sites for hydroxylation is 1. The highest BCUT2D eigenvalue weighted by Gasteiger charge is 2.21. The van der Waals surface area contributed by atoms with E-state index in [0.717, 1.165) is 25.3 Å². The van der Waals surface area contributed by atoms with E-state index in [9.17, 15) is 0 Å². The molecule has 88 valence electrons. The van der Waals surface area contributed by atoms with E-state index in [1.165, 1.54) is 11.3 Å². The monoisotopic (exact) mass is 219 g/mol. The zero-order chi connectivity index (χ0) is 11.7. The molecule has 1 aliphatic rings. The fourth-order valence-corrected chi connectivity index (χ4v) is 2.19. The minimum Gasteiger partial charge on any atom is -0.397 e. The van der Waals surface area contributed by atoms with Crippen LogP contribution in [-0.4, -0.2) is 37.6 Å². The lowest BCUT2D eigenvalue weighted by atomic mass is 10.1. The van der Waals surface area contributed by atoms with Crippen molar-refractivity contribution in [2.45, 2.75) is 19.9 Å². The first-order chi connectivity index (χ1) is 7.58. The smallest absolute Gasteiger partial charge is 0.0603 e. The average molecular weight is 219 g/mol. The Morgan fingerprint density at radius 1 is 1.31 bits per heavy atom. The Balaban J connectivity index is 2.21. The highest BCUT2D eigenvalue weighted by Crippen LogP contribution is 2.26. The molecule has 3 nitrogen and oxygen atoms in total. The van der Waals surface area contributed by atoms with Crippen molar-refractivity contribution in [3.8, 4) is 0 Å². The van der Waals surface area contributed by atoms with E-state index in [1.54, 1.807) is 0 Å². The maximum atomic E-state index is 6.05. The Kier molecular flexibility index (Phi) is 3.06. The van der Waals surface area contributed by atoms with Crippen LogP contribution in [0, 0.1) is 6.92 Å². The second kappa shape index (κ2) is 4.34. The second-order valence-corrected chi connectivity index (χ2v) is 4.84. The summed E-state index contributed by atoms with van der Waals surface area (Å²) in [6.07, 6.45) is 0. The van der Waals surface area contributed by atoms with E-state index in [1.807, 2.05) is 6.07 Å². The molecular weight excluding hydrogens is 198 g/mol. The van der Waals surface area contributed by atoms with Crippen LogP contribution in [0.2, 0.25) is 0 Å². The van der Waals surface area contributed by atoms with Gasteiger partial charge in [0, 0.05) is 25.7 Å². The summed E-state index contributed by atoms with van der Waals surface area (Å²) < 4.78 is 0. The van der Waals surface area contributed by atoms with Gasteiger partial charge in [0.2, 0.25) is 0 Å². The number of anilines is 2. The lowest BCUT2D eigenvalue weighted by molar-refractivity contribution is 0.234. The molecule has 1 unspecified atom stereocenters. The Bertz CT molecular complexity index is 375. The van der Waals surface area contributed by atoms with Gasteiger partial charge >= 0.3 is 0 Å². The Morgan fingerprint density at radius 2 is 2.06 bits per heavy atom. The molecule has 2 rings (SSSR count). The first kappa shape index (κ1) is 11.3. The van der Waals surface area contributed by atoms with Gasteiger partial charge in [-0.3, -0.25) is 0 Å². The van der Waals surface area contributed by atoms with Gasteiger partial charge in [-0.1, -0.05) is 6.07 Å². The molecule has 0 spiro atoms. The molecule has 1 aromatic carbocycles. The normalized spacial score (nSPS) is 22.4. The molecule has 0 saturated carbocycles. The number of rotatable bonds is 1. The summed E-state index contributed by atoms with van der Waals surface area (Å²) in [4.78, 5) is 4.79. The van der Waals surface area contributed by atoms with Gasteiger partial charge in [-0.15, -0.1) is 0 Å². The molecular formula is C13H21N3. The largest absolute Gasteiger partial charge is 0.397 e. The van der Waals surface area contributed by atoms with Crippen LogP contribution in [0.4, 0.5) is 11.4 Å². The van der Waals surface area contributed by atoms with E-state index in [0.29, 0.717) is 6.04 Å². The summed E-state index contributed by atoms with van der Waals surface area (Å²) >= 11 is 0. The topological polar surface area (TPSA) is 32.5 Å². The fourth-order valence-electron chi connectivity index (χ4n) is 2.19. The molecule has 1 fully saturated rings. The average Bonchev–Trinajstić information content (AvgIpc) is 2.26. The zero-order valence-electron chi connectivity index (χ0n) is 10.4. The van der Waals surface area contributed by atoms with Crippen LogP contribution in [0.3, 0.4) is 0 Å². The van der Waals surface area contributed by atoms with Gasteiger partial charge in [0.15, 0.2) is 0 Å². The minimum atomic E-state index is 0.591. The molecule has 0 amide bonds. The number of likely N-dealkylation sites (N-methyl/N-ethyl adjacent to an activating group) is 1. The van der Waals surface area contributed by atoms with Gasteiger partial charge in [-0.25, -0.2) is 0 Å². The van der Waals surface area contributed by atoms with Crippen molar-refractivity contribution < 1.29 is 0 Å². The predicted molar refractivity (Wildman–Crippen MR) is 69.9 cm³/mol. The number of piperazine rings is 1. The number of nitrogen functional groups attached to an aromatic ring is 1. The van der Waals surface area contributed by atoms with E-state index in [-0.39, 0.29) is 0 Å². The fraction of sp³-hybridized carbons (Fsp3) is 0.538. The second-order valence-electron chi connectivity index (χ2n) is 4.84. The van der Waals surface area contributed by atoms with Gasteiger partial charge in [-0.05, 0) is 38.6 Å². The molecule has 16 heavy (non-hydrogen) atoms. The van der Waals surface area contributed by atoms with Crippen molar-refractivity contribution in [3.05, 3.63) is 23.8 Å². The number of benzene rings is 1. The van der Waals surface area contributed by atoms with Crippen molar-refractivity contribution in [1.29, 1.82) is 0 Å². The maximum absolute atomic E-state index is 6.05. The highest BCUT2D eigenvalue weighted by atomic mass is 15.3. The number of nitrogens with zero attached hydrogens (tertiary/aromatic N) is 2. The molecule has 3 heteroatoms. The summed E-state index contributed by atoms with van der Waals surface area (Å²) in [5.74, 6) is 0. The van der Waals surface area contributed by atoms with Crippen LogP contribution >= 0.6 is 0 Å². The van der Waals surface area contributed by atoms with Crippen molar-refractivity contribution in [2.75, 3.05) is 37.3 Å². The number of hydrogen-bond acceptors (Lipinski definition) is 3. The van der Waals surface area contributed by atoms with Crippen molar-refractivity contribution in [3.63, 3.8) is 0 Å². The number of hydrogen-bond donors (Lipinski definition) is 1. The summed E-state index contributed by atoms with van der Waals surface area (Å²) in [6, 6.07) is 6.85. The van der Waals surface area contributed by atoms with E-state index in [2.05, 4.69) is 42.8 Å². The molecule has 1 aliphatic heterocycles. The van der Waals surface area contributed by atoms with Gasteiger partial charge < -0.3 is 15.5 Å². The van der Waals surface area contributed by atoms with Gasteiger partial charge in [0.1, 0.15) is 0 Å². The summed E-state index contributed by atoms with van der Waals surface area (Å²) in [5.41, 5.74) is 9.40. The van der Waals surface area contributed by atoms with Gasteiger partial charge in [0.25, 0.3) is 0 Å². The Morgan fingerprint density at radius 3 is 2.75 bits per heavy atom. The number of nitrogens with two attached hydrogens (primary N) is 1. The summed E-state index contributed by atoms with van der Waals surface area (Å²) in [7, 11) is 2.18. The van der Waals surface area contributed by atoms with Crippen LogP contribution in [-0.2, 0) is 0 Å². The molecule has 0 aromatic heterocycles. The molecule has 1 atom stereocenters. The molecule has 0 aliphatic carbocycles. The SMILES string of the molecule is Cc1ccc(N)c(N2CCN(C)C(C)C2)c1. The molecule has 1 aromatic rings. The maximum Gasteiger partial charge on any atom is 0.0603 e. The lowest BCUT2D eigenvalue weighted by Crippen LogP contribution is -2.50. The highest BCUT2D eigenvalue weighted by molar-refractivity contribution is 5.68. The Hall–Kier alpha value is -1.22. The first-order valence-corrected chi connectivity index (χ1v) is 5.89. The van der Waals surface area contributed by atoms with Gasteiger partial charge in [0.05, 0.1) is 11.4 Å². The van der Waals surface area contributed by atoms with E-state index < -0.39 is 0 Å². The standard InChI is InChI=1S/C13H21N3/c1-10-4-5-12(14)13(8-10)16-7-6-15(3)11(2)9-16/h4-5,8,11H,6-7,9,14H2,1-3H3. The minimum absolute atomic E-state index is 0.591. The summed E-state index contributed by atoms with van der Waals surface area (Å²) in [5, 5.41) is 0. The molecule has 1 saturated heterocycles. The van der Waals surface area contributed by atoms with Crippen molar-refractivity contribution in [2.24, 2.45) is 0 Å². The van der Waals surface area contributed by atoms with Crippen molar-refractivity contribution >= 4 is 11.4 Å². The van der Waals surface area contributed by atoms with Crippen LogP contribution in [0.15, 0.2) is 18.2 Å². The molecule has 2 N–H and O–H groups in total. The van der Waals surface area contributed by atoms with E-state index >= 15 is 0 Å². The third-order valence-electron chi connectivity index (χ3n) is 3.49. The van der Waals surface area contributed by atoms with Crippen LogP contribution in [0.5, 0.6) is 0 Å². The molecule has 0 bridgehead atoms. The zero-order valence-corrected chi connectivity index (χ0v) is 10.4. The van der Waals surface area contributed by atoms with Crippen LogP contribution < -0.4 is 10.6 Å². The molecule has 0 radical (unpaired) electrons. The van der Waals surface area contributed by atoms with Crippen LogP contribution in [0.25, 0.3) is 0 Å². The quantitative estimate of drug-likeness (QED) is 0.730. The first-order valence-electron chi connectivity index (χ1n) is 5.89. The predicted octanol–water partition coefficient (Wildman–Crippen LogP) is 1.72. The lowest BCUT2D eigenvalue weighted by Gasteiger charge is -2.39. The third-order valence-corrected chi connectivity index (χ3v) is 3.49. The van der Waals surface area contributed by atoms with Crippen LogP contribution in [0.1, 0.15) is 12.5 Å². The van der Waals surface area contributed by atoms with E-state index in [4.69, 9.17) is 5.73 Å². The summed E-state index contributed by atoms with van der Waals surface area (Å²) in [6.45, 7) is 7.60. The van der Waals surface area contributed by atoms with Crippen molar-refractivity contribution in [1.82, 2.24) is 4.90 Å². The molecule has 1 heterocycles. The third kappa shape index (κ3) is 2.14. The Labute approximate surface area is 97.8 Å². The van der Waals surface area contributed by atoms with Gasteiger partial charge in [-0.2, -0.15) is 0 Å².